The van der Waals surface area contributed by atoms with Crippen molar-refractivity contribution in [3.8, 4) is 11.5 Å². The van der Waals surface area contributed by atoms with Gasteiger partial charge < -0.3 is 15.2 Å². The van der Waals surface area contributed by atoms with E-state index < -0.39 is 0 Å². The molecule has 1 unspecified atom stereocenters. The number of benzene rings is 2. The Morgan fingerprint density at radius 1 is 1.10 bits per heavy atom. The topological polar surface area (TPSA) is 44.5 Å². The van der Waals surface area contributed by atoms with Crippen molar-refractivity contribution in [2.24, 2.45) is 5.73 Å². The summed E-state index contributed by atoms with van der Waals surface area (Å²) >= 11 is 0. The Balaban J connectivity index is 1.68. The van der Waals surface area contributed by atoms with Gasteiger partial charge in [0.25, 0.3) is 0 Å². The monoisotopic (exact) mass is 285 g/mol. The molecule has 0 spiro atoms. The average Bonchev–Trinajstić information content (AvgIpc) is 2.94. The predicted molar refractivity (Wildman–Crippen MR) is 77.0 cm³/mol. The van der Waals surface area contributed by atoms with E-state index in [-0.39, 0.29) is 18.0 Å². The Hall–Kier alpha value is -2.07. The predicted octanol–water partition coefficient (Wildman–Crippen LogP) is 3.28. The number of ether oxygens (including phenoxy) is 2. The van der Waals surface area contributed by atoms with Gasteiger partial charge in [-0.1, -0.05) is 12.1 Å². The summed E-state index contributed by atoms with van der Waals surface area (Å²) in [6.45, 7) is 0.734. The lowest BCUT2D eigenvalue weighted by molar-refractivity contribution is 0.160. The second kappa shape index (κ2) is 4.74. The molecule has 4 rings (SSSR count). The molecule has 0 bridgehead atoms. The van der Waals surface area contributed by atoms with Crippen molar-refractivity contribution in [2.45, 2.75) is 25.0 Å². The van der Waals surface area contributed by atoms with Gasteiger partial charge in [0, 0.05) is 30.5 Å². The van der Waals surface area contributed by atoms with Crippen LogP contribution in [0.3, 0.4) is 0 Å². The third-order valence-electron chi connectivity index (χ3n) is 4.20. The Labute approximate surface area is 122 Å². The minimum absolute atomic E-state index is 0.135. The van der Waals surface area contributed by atoms with E-state index in [2.05, 4.69) is 6.07 Å². The Kier molecular flexibility index (Phi) is 2.86. The molecule has 3 nitrogen and oxygen atoms in total. The van der Waals surface area contributed by atoms with Gasteiger partial charge in [0.1, 0.15) is 23.4 Å². The highest BCUT2D eigenvalue weighted by Gasteiger charge is 2.28. The molecule has 0 aromatic heterocycles. The summed E-state index contributed by atoms with van der Waals surface area (Å²) in [5.41, 5.74) is 9.36. The Morgan fingerprint density at radius 2 is 2.00 bits per heavy atom. The molecule has 2 heterocycles. The zero-order valence-electron chi connectivity index (χ0n) is 11.5. The van der Waals surface area contributed by atoms with Gasteiger partial charge in [-0.15, -0.1) is 0 Å². The third-order valence-corrected chi connectivity index (χ3v) is 4.20. The van der Waals surface area contributed by atoms with Gasteiger partial charge >= 0.3 is 0 Å². The maximum Gasteiger partial charge on any atom is 0.127 e. The highest BCUT2D eigenvalue weighted by molar-refractivity contribution is 5.43. The minimum Gasteiger partial charge on any atom is -0.493 e. The fraction of sp³-hybridized carbons (Fsp3) is 0.294. The van der Waals surface area contributed by atoms with Gasteiger partial charge in [-0.2, -0.15) is 0 Å². The van der Waals surface area contributed by atoms with Crippen LogP contribution in [0.4, 0.5) is 4.39 Å². The van der Waals surface area contributed by atoms with Crippen molar-refractivity contribution in [3.05, 3.63) is 58.9 Å². The SMILES string of the molecule is N[C@@H]1CC(c2ccc3c(c2)CCO3)Oc2cc(F)ccc21. The van der Waals surface area contributed by atoms with E-state index in [9.17, 15) is 4.39 Å². The van der Waals surface area contributed by atoms with Crippen LogP contribution in [-0.2, 0) is 6.42 Å². The van der Waals surface area contributed by atoms with Crippen molar-refractivity contribution in [1.82, 2.24) is 0 Å². The van der Waals surface area contributed by atoms with Gasteiger partial charge in [0.05, 0.1) is 6.61 Å². The quantitative estimate of drug-likeness (QED) is 0.874. The second-order valence-corrected chi connectivity index (χ2v) is 5.60. The lowest BCUT2D eigenvalue weighted by atomic mass is 9.92. The van der Waals surface area contributed by atoms with Gasteiger partial charge in [0.15, 0.2) is 0 Å². The van der Waals surface area contributed by atoms with Crippen LogP contribution < -0.4 is 15.2 Å². The molecule has 2 aromatic carbocycles. The average molecular weight is 285 g/mol. The summed E-state index contributed by atoms with van der Waals surface area (Å²) in [7, 11) is 0. The Morgan fingerprint density at radius 3 is 2.90 bits per heavy atom. The molecule has 0 fully saturated rings. The van der Waals surface area contributed by atoms with Gasteiger partial charge in [-0.3, -0.25) is 0 Å². The van der Waals surface area contributed by atoms with Crippen LogP contribution in [0.25, 0.3) is 0 Å². The molecule has 0 aliphatic carbocycles. The number of hydrogen-bond donors (Lipinski definition) is 1. The third kappa shape index (κ3) is 2.16. The molecule has 108 valence electrons. The van der Waals surface area contributed by atoms with E-state index in [1.54, 1.807) is 6.07 Å². The molecular weight excluding hydrogens is 269 g/mol. The number of nitrogens with two attached hydrogens (primary N) is 1. The van der Waals surface area contributed by atoms with Gasteiger partial charge in [-0.25, -0.2) is 4.39 Å². The molecule has 21 heavy (non-hydrogen) atoms. The highest BCUT2D eigenvalue weighted by atomic mass is 19.1. The van der Waals surface area contributed by atoms with Crippen molar-refractivity contribution < 1.29 is 13.9 Å². The number of hydrogen-bond acceptors (Lipinski definition) is 3. The van der Waals surface area contributed by atoms with E-state index in [1.807, 2.05) is 12.1 Å². The van der Waals surface area contributed by atoms with E-state index in [0.29, 0.717) is 12.2 Å². The standard InChI is InChI=1S/C17H16FNO2/c18-12-2-3-13-14(19)9-16(21-17(13)8-12)10-1-4-15-11(7-10)5-6-20-15/h1-4,7-8,14,16H,5-6,9,19H2/t14-,16?/m1/s1. The minimum atomic E-state index is -0.302. The molecule has 2 N–H and O–H groups in total. The van der Waals surface area contributed by atoms with Crippen LogP contribution in [0.15, 0.2) is 36.4 Å². The van der Waals surface area contributed by atoms with Crippen molar-refractivity contribution >= 4 is 0 Å². The fourth-order valence-corrected chi connectivity index (χ4v) is 3.09. The van der Waals surface area contributed by atoms with E-state index in [0.717, 1.165) is 29.9 Å². The van der Waals surface area contributed by atoms with Crippen molar-refractivity contribution in [1.29, 1.82) is 0 Å². The molecule has 2 atom stereocenters. The summed E-state index contributed by atoms with van der Waals surface area (Å²) in [6, 6.07) is 10.5. The molecular formula is C17H16FNO2. The number of rotatable bonds is 1. The maximum absolute atomic E-state index is 13.4. The molecule has 2 aromatic rings. The van der Waals surface area contributed by atoms with E-state index >= 15 is 0 Å². The smallest absolute Gasteiger partial charge is 0.127 e. The van der Waals surface area contributed by atoms with Crippen LogP contribution in [0.5, 0.6) is 11.5 Å². The summed E-state index contributed by atoms with van der Waals surface area (Å²) in [5, 5.41) is 0. The highest BCUT2D eigenvalue weighted by Crippen LogP contribution is 2.41. The number of fused-ring (bicyclic) bond motifs is 2. The first-order chi connectivity index (χ1) is 10.2. The summed E-state index contributed by atoms with van der Waals surface area (Å²) in [4.78, 5) is 0. The van der Waals surface area contributed by atoms with Crippen LogP contribution in [-0.4, -0.2) is 6.61 Å². The normalized spacial score (nSPS) is 23.0. The molecule has 2 aliphatic rings. The molecule has 0 amide bonds. The first kappa shape index (κ1) is 12.7. The molecule has 2 aliphatic heterocycles. The zero-order chi connectivity index (χ0) is 14.4. The van der Waals surface area contributed by atoms with Crippen molar-refractivity contribution in [3.63, 3.8) is 0 Å². The van der Waals surface area contributed by atoms with Crippen molar-refractivity contribution in [2.75, 3.05) is 6.61 Å². The van der Waals surface area contributed by atoms with E-state index in [4.69, 9.17) is 15.2 Å². The first-order valence-electron chi connectivity index (χ1n) is 7.18. The summed E-state index contributed by atoms with van der Waals surface area (Å²) in [5.74, 6) is 1.20. The molecule has 4 heteroatoms. The molecule has 0 saturated carbocycles. The zero-order valence-corrected chi connectivity index (χ0v) is 11.5. The van der Waals surface area contributed by atoms with Crippen LogP contribution in [0, 0.1) is 5.82 Å². The molecule has 0 radical (unpaired) electrons. The number of halogens is 1. The molecule has 0 saturated heterocycles. The van der Waals surface area contributed by atoms with Crippen LogP contribution >= 0.6 is 0 Å². The van der Waals surface area contributed by atoms with Crippen LogP contribution in [0.2, 0.25) is 0 Å². The Bertz CT molecular complexity index is 701. The largest absolute Gasteiger partial charge is 0.493 e. The summed E-state index contributed by atoms with van der Waals surface area (Å²) in [6.07, 6.45) is 1.48. The maximum atomic E-state index is 13.4. The van der Waals surface area contributed by atoms with Crippen LogP contribution in [0.1, 0.15) is 35.3 Å². The second-order valence-electron chi connectivity index (χ2n) is 5.60. The first-order valence-corrected chi connectivity index (χ1v) is 7.18. The summed E-state index contributed by atoms with van der Waals surface area (Å²) < 4.78 is 24.9. The van der Waals surface area contributed by atoms with Gasteiger partial charge in [-0.05, 0) is 29.3 Å². The van der Waals surface area contributed by atoms with Gasteiger partial charge in [0.2, 0.25) is 0 Å². The lowest BCUT2D eigenvalue weighted by Crippen LogP contribution is -2.24. The lowest BCUT2D eigenvalue weighted by Gasteiger charge is -2.30. The fourth-order valence-electron chi connectivity index (χ4n) is 3.09. The van der Waals surface area contributed by atoms with E-state index in [1.165, 1.54) is 17.7 Å².